The van der Waals surface area contributed by atoms with Gasteiger partial charge in [0.15, 0.2) is 5.69 Å². The molecule has 0 radical (unpaired) electrons. The van der Waals surface area contributed by atoms with E-state index in [1.807, 2.05) is 19.9 Å². The molecule has 0 atom stereocenters. The molecule has 1 aromatic heterocycles. The monoisotopic (exact) mass is 340 g/mol. The van der Waals surface area contributed by atoms with E-state index in [4.69, 9.17) is 10.5 Å². The highest BCUT2D eigenvalue weighted by Gasteiger charge is 2.23. The van der Waals surface area contributed by atoms with Crippen LogP contribution in [0.2, 0.25) is 0 Å². The fraction of sp³-hybridized carbons (Fsp3) is 0.278. The van der Waals surface area contributed by atoms with Crippen LogP contribution in [0, 0.1) is 17.2 Å². The second-order valence-corrected chi connectivity index (χ2v) is 5.94. The molecule has 1 aromatic carbocycles. The van der Waals surface area contributed by atoms with Gasteiger partial charge in [0.1, 0.15) is 6.07 Å². The third-order valence-corrected chi connectivity index (χ3v) is 3.57. The molecule has 1 heterocycles. The summed E-state index contributed by atoms with van der Waals surface area (Å²) in [6.07, 6.45) is 1.82. The van der Waals surface area contributed by atoms with Crippen LogP contribution < -0.4 is 11.1 Å². The minimum atomic E-state index is -0.665. The molecular formula is C18H20N4O3. The van der Waals surface area contributed by atoms with Gasteiger partial charge in [0.05, 0.1) is 29.7 Å². The van der Waals surface area contributed by atoms with Gasteiger partial charge in [-0.05, 0) is 18.1 Å². The van der Waals surface area contributed by atoms with Crippen molar-refractivity contribution in [3.05, 3.63) is 41.7 Å². The number of nitrogens with zero attached hydrogens (tertiary/aromatic N) is 2. The molecule has 7 nitrogen and oxygen atoms in total. The number of esters is 1. The Morgan fingerprint density at radius 3 is 2.64 bits per heavy atom. The first-order valence-electron chi connectivity index (χ1n) is 7.77. The van der Waals surface area contributed by atoms with Gasteiger partial charge in [-0.25, -0.2) is 4.79 Å². The number of carbonyl (C=O) groups is 2. The molecule has 0 bridgehead atoms. The Kier molecular flexibility index (Phi) is 5.45. The molecule has 2 aromatic rings. The van der Waals surface area contributed by atoms with Crippen molar-refractivity contribution >= 4 is 23.3 Å². The van der Waals surface area contributed by atoms with Gasteiger partial charge in [-0.2, -0.15) is 5.26 Å². The Morgan fingerprint density at radius 1 is 1.36 bits per heavy atom. The highest BCUT2D eigenvalue weighted by molar-refractivity contribution is 5.97. The summed E-state index contributed by atoms with van der Waals surface area (Å²) in [4.78, 5) is 24.2. The Morgan fingerprint density at radius 2 is 2.04 bits per heavy atom. The van der Waals surface area contributed by atoms with Crippen molar-refractivity contribution in [1.29, 1.82) is 5.26 Å². The summed E-state index contributed by atoms with van der Waals surface area (Å²) in [6.45, 7) is 3.90. The first kappa shape index (κ1) is 18.1. The van der Waals surface area contributed by atoms with E-state index >= 15 is 0 Å². The third-order valence-electron chi connectivity index (χ3n) is 3.57. The lowest BCUT2D eigenvalue weighted by Crippen LogP contribution is -2.17. The first-order valence-corrected chi connectivity index (χ1v) is 7.77. The summed E-state index contributed by atoms with van der Waals surface area (Å²) in [5.41, 5.74) is 7.19. The van der Waals surface area contributed by atoms with E-state index in [9.17, 15) is 14.9 Å². The van der Waals surface area contributed by atoms with Crippen LogP contribution in [0.25, 0.3) is 5.69 Å². The molecule has 2 rings (SSSR count). The number of anilines is 2. The molecule has 0 fully saturated rings. The summed E-state index contributed by atoms with van der Waals surface area (Å²) >= 11 is 0. The molecule has 0 aliphatic heterocycles. The first-order chi connectivity index (χ1) is 11.9. The van der Waals surface area contributed by atoms with E-state index in [1.165, 1.54) is 17.9 Å². The fourth-order valence-electron chi connectivity index (χ4n) is 2.47. The molecule has 130 valence electrons. The van der Waals surface area contributed by atoms with E-state index in [1.54, 1.807) is 24.3 Å². The average molecular weight is 340 g/mol. The lowest BCUT2D eigenvalue weighted by atomic mass is 10.1. The van der Waals surface area contributed by atoms with Gasteiger partial charge < -0.3 is 20.4 Å². The summed E-state index contributed by atoms with van der Waals surface area (Å²) < 4.78 is 6.24. The minimum Gasteiger partial charge on any atom is -0.464 e. The van der Waals surface area contributed by atoms with E-state index in [-0.39, 0.29) is 28.8 Å². The van der Waals surface area contributed by atoms with E-state index in [0.717, 1.165) is 0 Å². The molecule has 0 saturated heterocycles. The Balaban J connectivity index is 2.55. The number of hydrogen-bond acceptors (Lipinski definition) is 5. The van der Waals surface area contributed by atoms with Crippen molar-refractivity contribution in [3.63, 3.8) is 0 Å². The van der Waals surface area contributed by atoms with Gasteiger partial charge >= 0.3 is 5.97 Å². The number of carbonyl (C=O) groups excluding carboxylic acids is 2. The van der Waals surface area contributed by atoms with Crippen molar-refractivity contribution in [1.82, 2.24) is 4.57 Å². The highest BCUT2D eigenvalue weighted by Crippen LogP contribution is 2.28. The zero-order chi connectivity index (χ0) is 18.6. The maximum absolute atomic E-state index is 12.1. The van der Waals surface area contributed by atoms with E-state index < -0.39 is 5.97 Å². The second kappa shape index (κ2) is 7.53. The van der Waals surface area contributed by atoms with E-state index in [0.29, 0.717) is 17.8 Å². The molecule has 7 heteroatoms. The average Bonchev–Trinajstić information content (AvgIpc) is 2.90. The van der Waals surface area contributed by atoms with Gasteiger partial charge in [-0.15, -0.1) is 0 Å². The molecule has 25 heavy (non-hydrogen) atoms. The number of aromatic nitrogens is 1. The summed E-state index contributed by atoms with van der Waals surface area (Å²) in [5.74, 6) is -0.588. The Labute approximate surface area is 146 Å². The molecule has 0 saturated carbocycles. The topological polar surface area (TPSA) is 110 Å². The number of nitrogen functional groups attached to an aromatic ring is 1. The number of methoxy groups -OCH3 is 1. The Hall–Kier alpha value is -3.27. The summed E-state index contributed by atoms with van der Waals surface area (Å²) in [7, 11) is 1.24. The normalized spacial score (nSPS) is 10.4. The van der Waals surface area contributed by atoms with Gasteiger partial charge in [-0.3, -0.25) is 4.79 Å². The maximum atomic E-state index is 12.1. The van der Waals surface area contributed by atoms with Gasteiger partial charge in [-0.1, -0.05) is 26.0 Å². The van der Waals surface area contributed by atoms with Crippen LogP contribution in [0.3, 0.4) is 0 Å². The fourth-order valence-corrected chi connectivity index (χ4v) is 2.47. The van der Waals surface area contributed by atoms with Crippen molar-refractivity contribution in [2.75, 3.05) is 18.2 Å². The lowest BCUT2D eigenvalue weighted by molar-refractivity contribution is -0.116. The second-order valence-electron chi connectivity index (χ2n) is 5.94. The van der Waals surface area contributed by atoms with Crippen molar-refractivity contribution in [3.8, 4) is 11.8 Å². The molecular weight excluding hydrogens is 320 g/mol. The molecule has 0 aliphatic rings. The number of nitrogens with one attached hydrogen (secondary N) is 1. The number of benzene rings is 1. The van der Waals surface area contributed by atoms with Crippen molar-refractivity contribution in [2.24, 2.45) is 5.92 Å². The van der Waals surface area contributed by atoms with Crippen molar-refractivity contribution in [2.45, 2.75) is 20.3 Å². The van der Waals surface area contributed by atoms with Crippen LogP contribution in [0.15, 0.2) is 30.5 Å². The number of amides is 1. The van der Waals surface area contributed by atoms with Crippen LogP contribution in [-0.2, 0) is 9.53 Å². The standard InChI is InChI=1S/C18H20N4O3/c1-11(2)8-15(23)21-13-6-4-5-7-14(13)22-10-12(9-19)16(20)17(22)18(24)25-3/h4-7,10-11H,8,20H2,1-3H3,(H,21,23). The number of rotatable bonds is 5. The zero-order valence-corrected chi connectivity index (χ0v) is 14.4. The number of ether oxygens (including phenoxy) is 1. The molecule has 3 N–H and O–H groups in total. The van der Waals surface area contributed by atoms with Gasteiger partial charge in [0, 0.05) is 12.6 Å². The summed E-state index contributed by atoms with van der Waals surface area (Å²) in [6, 6.07) is 8.92. The predicted molar refractivity (Wildman–Crippen MR) is 94.3 cm³/mol. The minimum absolute atomic E-state index is 0.0395. The molecule has 0 unspecified atom stereocenters. The number of nitriles is 1. The number of nitrogens with two attached hydrogens (primary N) is 1. The molecule has 0 aliphatic carbocycles. The highest BCUT2D eigenvalue weighted by atomic mass is 16.5. The van der Waals surface area contributed by atoms with Crippen LogP contribution in [0.5, 0.6) is 0 Å². The van der Waals surface area contributed by atoms with Gasteiger partial charge in [0.2, 0.25) is 5.91 Å². The van der Waals surface area contributed by atoms with Crippen LogP contribution >= 0.6 is 0 Å². The lowest BCUT2D eigenvalue weighted by Gasteiger charge is -2.15. The Bertz CT molecular complexity index is 846. The van der Waals surface area contributed by atoms with Crippen molar-refractivity contribution < 1.29 is 14.3 Å². The number of para-hydroxylation sites is 2. The molecule has 1 amide bonds. The zero-order valence-electron chi connectivity index (χ0n) is 14.4. The maximum Gasteiger partial charge on any atom is 0.357 e. The van der Waals surface area contributed by atoms with Gasteiger partial charge in [0.25, 0.3) is 0 Å². The quantitative estimate of drug-likeness (QED) is 0.813. The number of hydrogen-bond donors (Lipinski definition) is 2. The van der Waals surface area contributed by atoms with Crippen LogP contribution in [-0.4, -0.2) is 23.6 Å². The predicted octanol–water partition coefficient (Wildman–Crippen LogP) is 2.70. The SMILES string of the molecule is COC(=O)c1c(N)c(C#N)cn1-c1ccccc1NC(=O)CC(C)C. The van der Waals surface area contributed by atoms with Crippen LogP contribution in [0.1, 0.15) is 36.3 Å². The third kappa shape index (κ3) is 3.80. The summed E-state index contributed by atoms with van der Waals surface area (Å²) in [5, 5.41) is 12.0. The smallest absolute Gasteiger partial charge is 0.357 e. The largest absolute Gasteiger partial charge is 0.464 e. The van der Waals surface area contributed by atoms with Crippen LogP contribution in [0.4, 0.5) is 11.4 Å². The van der Waals surface area contributed by atoms with E-state index in [2.05, 4.69) is 5.32 Å². The molecule has 0 spiro atoms.